The van der Waals surface area contributed by atoms with Gasteiger partial charge >= 0.3 is 0 Å². The summed E-state index contributed by atoms with van der Waals surface area (Å²) in [5.41, 5.74) is 0.496. The van der Waals surface area contributed by atoms with Gasteiger partial charge in [0.25, 0.3) is 0 Å². The maximum atomic E-state index is 9.64. The van der Waals surface area contributed by atoms with Crippen molar-refractivity contribution in [3.05, 3.63) is 16.1 Å². The number of benzene rings is 1. The topological polar surface area (TPSA) is 62.5 Å². The minimum Gasteiger partial charge on any atom is -0.507 e. The first kappa shape index (κ1) is 11.7. The van der Waals surface area contributed by atoms with Gasteiger partial charge in [-0.25, -0.2) is 0 Å². The molecule has 1 aromatic carbocycles. The summed E-state index contributed by atoms with van der Waals surface area (Å²) in [5.74, 6) is 0.908. The second kappa shape index (κ2) is 4.89. The molecule has 1 rings (SSSR count). The summed E-state index contributed by atoms with van der Waals surface area (Å²) in [7, 11) is 2.98. The van der Waals surface area contributed by atoms with E-state index in [2.05, 4.69) is 15.9 Å². The highest BCUT2D eigenvalue weighted by atomic mass is 79.9. The lowest BCUT2D eigenvalue weighted by molar-refractivity contribution is 0.348. The van der Waals surface area contributed by atoms with Gasteiger partial charge in [0, 0.05) is 11.6 Å². The van der Waals surface area contributed by atoms with Crippen molar-refractivity contribution >= 4 is 15.9 Å². The highest BCUT2D eigenvalue weighted by Gasteiger charge is 2.16. The Hall–Kier alpha value is -1.41. The van der Waals surface area contributed by atoms with Crippen LogP contribution in [0.4, 0.5) is 0 Å². The van der Waals surface area contributed by atoms with Gasteiger partial charge in [-0.3, -0.25) is 0 Å². The van der Waals surface area contributed by atoms with E-state index in [1.54, 1.807) is 0 Å². The molecule has 4 nitrogen and oxygen atoms in total. The van der Waals surface area contributed by atoms with Gasteiger partial charge in [0.2, 0.25) is 0 Å². The number of methoxy groups -OCH3 is 2. The van der Waals surface area contributed by atoms with Crippen LogP contribution in [0.5, 0.6) is 17.2 Å². The van der Waals surface area contributed by atoms with Gasteiger partial charge in [-0.05, 0) is 15.9 Å². The summed E-state index contributed by atoms with van der Waals surface area (Å²) in [6.07, 6.45) is 0.104. The van der Waals surface area contributed by atoms with Crippen molar-refractivity contribution in [3.63, 3.8) is 0 Å². The van der Waals surface area contributed by atoms with Crippen LogP contribution < -0.4 is 9.47 Å². The average Bonchev–Trinajstić information content (AvgIpc) is 2.23. The molecule has 5 heteroatoms. The minimum absolute atomic E-state index is 0.0149. The third kappa shape index (κ3) is 2.16. The zero-order valence-corrected chi connectivity index (χ0v) is 9.96. The summed E-state index contributed by atoms with van der Waals surface area (Å²) in [6.45, 7) is 0. The van der Waals surface area contributed by atoms with Gasteiger partial charge in [0.1, 0.15) is 5.75 Å². The lowest BCUT2D eigenvalue weighted by Gasteiger charge is -2.13. The van der Waals surface area contributed by atoms with Crippen LogP contribution in [0.2, 0.25) is 0 Å². The third-order valence-corrected chi connectivity index (χ3v) is 2.78. The number of rotatable bonds is 3. The summed E-state index contributed by atoms with van der Waals surface area (Å²) in [4.78, 5) is 0. The first-order valence-corrected chi connectivity index (χ1v) is 4.94. The molecule has 0 bridgehead atoms. The van der Waals surface area contributed by atoms with E-state index in [1.807, 2.05) is 6.07 Å². The molecule has 0 unspecified atom stereocenters. The molecule has 80 valence electrons. The van der Waals surface area contributed by atoms with Crippen molar-refractivity contribution in [3.8, 4) is 23.3 Å². The van der Waals surface area contributed by atoms with Gasteiger partial charge in [-0.15, -0.1) is 0 Å². The number of phenolic OH excluding ortho intramolecular Hbond substituents is 1. The predicted octanol–water partition coefficient (Wildman–Crippen LogP) is 2.24. The van der Waals surface area contributed by atoms with E-state index < -0.39 is 0 Å². The van der Waals surface area contributed by atoms with Crippen LogP contribution in [-0.4, -0.2) is 19.3 Å². The number of ether oxygens (including phenoxy) is 2. The van der Waals surface area contributed by atoms with E-state index in [1.165, 1.54) is 20.3 Å². The van der Waals surface area contributed by atoms with Crippen LogP contribution in [0.3, 0.4) is 0 Å². The lowest BCUT2D eigenvalue weighted by atomic mass is 10.1. The number of aromatic hydroxyl groups is 1. The molecular formula is C10H10BrNO3. The molecule has 0 fully saturated rings. The Morgan fingerprint density at radius 2 is 2.13 bits per heavy atom. The van der Waals surface area contributed by atoms with Crippen molar-refractivity contribution in [1.82, 2.24) is 0 Å². The summed E-state index contributed by atoms with van der Waals surface area (Å²) < 4.78 is 10.7. The monoisotopic (exact) mass is 271 g/mol. The largest absolute Gasteiger partial charge is 0.507 e. The molecular weight excluding hydrogens is 262 g/mol. The van der Waals surface area contributed by atoms with Crippen molar-refractivity contribution in [2.45, 2.75) is 6.42 Å². The Labute approximate surface area is 96.2 Å². The molecule has 1 aromatic rings. The Bertz CT molecular complexity index is 412. The average molecular weight is 272 g/mol. The molecule has 0 radical (unpaired) electrons. The van der Waals surface area contributed by atoms with E-state index in [-0.39, 0.29) is 12.2 Å². The van der Waals surface area contributed by atoms with Crippen LogP contribution in [0.15, 0.2) is 10.5 Å². The van der Waals surface area contributed by atoms with Crippen molar-refractivity contribution in [1.29, 1.82) is 5.26 Å². The zero-order chi connectivity index (χ0) is 11.4. The SMILES string of the molecule is COc1cc(O)c(CC#N)c(Br)c1OC. The molecule has 0 aliphatic rings. The quantitative estimate of drug-likeness (QED) is 0.916. The van der Waals surface area contributed by atoms with E-state index in [0.717, 1.165) is 0 Å². The third-order valence-electron chi connectivity index (χ3n) is 1.94. The summed E-state index contributed by atoms with van der Waals surface area (Å²) in [5, 5.41) is 18.2. The molecule has 1 N–H and O–H groups in total. The molecule has 0 amide bonds. The maximum Gasteiger partial charge on any atom is 0.175 e. The Morgan fingerprint density at radius 1 is 1.47 bits per heavy atom. The Morgan fingerprint density at radius 3 is 2.60 bits per heavy atom. The fourth-order valence-electron chi connectivity index (χ4n) is 1.22. The van der Waals surface area contributed by atoms with Crippen molar-refractivity contribution < 1.29 is 14.6 Å². The first-order chi connectivity index (χ1) is 7.15. The molecule has 15 heavy (non-hydrogen) atoms. The van der Waals surface area contributed by atoms with Crippen molar-refractivity contribution in [2.75, 3.05) is 14.2 Å². The van der Waals surface area contributed by atoms with Crippen LogP contribution in [-0.2, 0) is 6.42 Å². The smallest absolute Gasteiger partial charge is 0.175 e. The standard InChI is InChI=1S/C10H10BrNO3/c1-14-8-5-7(13)6(3-4-12)9(11)10(8)15-2/h5,13H,3H2,1-2H3. The number of phenols is 1. The van der Waals surface area contributed by atoms with Gasteiger partial charge in [0.15, 0.2) is 11.5 Å². The molecule has 0 aliphatic carbocycles. The van der Waals surface area contributed by atoms with E-state index in [9.17, 15) is 5.11 Å². The lowest BCUT2D eigenvalue weighted by Crippen LogP contribution is -1.95. The molecule has 0 aliphatic heterocycles. The molecule has 0 atom stereocenters. The minimum atomic E-state index is 0.0149. The van der Waals surface area contributed by atoms with Gasteiger partial charge in [-0.1, -0.05) is 0 Å². The van der Waals surface area contributed by atoms with Crippen LogP contribution in [0.1, 0.15) is 5.56 Å². The normalized spacial score (nSPS) is 9.47. The Balaban J connectivity index is 3.39. The number of nitrogens with zero attached hydrogens (tertiary/aromatic N) is 1. The van der Waals surface area contributed by atoms with Gasteiger partial charge < -0.3 is 14.6 Å². The number of hydrogen-bond acceptors (Lipinski definition) is 4. The highest BCUT2D eigenvalue weighted by molar-refractivity contribution is 9.10. The van der Waals surface area contributed by atoms with E-state index >= 15 is 0 Å². The van der Waals surface area contributed by atoms with Crippen LogP contribution >= 0.6 is 15.9 Å². The summed E-state index contributed by atoms with van der Waals surface area (Å²) in [6, 6.07) is 3.39. The van der Waals surface area contributed by atoms with Gasteiger partial charge in [-0.2, -0.15) is 5.26 Å². The van der Waals surface area contributed by atoms with Gasteiger partial charge in [0.05, 0.1) is 31.2 Å². The summed E-state index contributed by atoms with van der Waals surface area (Å²) >= 11 is 3.27. The van der Waals surface area contributed by atoms with Crippen LogP contribution in [0, 0.1) is 11.3 Å². The van der Waals surface area contributed by atoms with E-state index in [4.69, 9.17) is 14.7 Å². The Kier molecular flexibility index (Phi) is 3.81. The van der Waals surface area contributed by atoms with Crippen LogP contribution in [0.25, 0.3) is 0 Å². The second-order valence-electron chi connectivity index (χ2n) is 2.76. The first-order valence-electron chi connectivity index (χ1n) is 4.15. The molecule has 0 saturated heterocycles. The van der Waals surface area contributed by atoms with Crippen molar-refractivity contribution in [2.24, 2.45) is 0 Å². The fourth-order valence-corrected chi connectivity index (χ4v) is 1.92. The zero-order valence-electron chi connectivity index (χ0n) is 8.37. The number of halogens is 1. The fraction of sp³-hybridized carbons (Fsp3) is 0.300. The predicted molar refractivity (Wildman–Crippen MR) is 58.2 cm³/mol. The highest BCUT2D eigenvalue weighted by Crippen LogP contribution is 2.42. The molecule has 0 heterocycles. The maximum absolute atomic E-state index is 9.64. The molecule has 0 spiro atoms. The van der Waals surface area contributed by atoms with E-state index in [0.29, 0.717) is 21.5 Å². The number of hydrogen-bond donors (Lipinski definition) is 1. The molecule has 0 aromatic heterocycles. The second-order valence-corrected chi connectivity index (χ2v) is 3.55. The number of nitriles is 1. The molecule has 0 saturated carbocycles.